The summed E-state index contributed by atoms with van der Waals surface area (Å²) in [5, 5.41) is 3.90. The van der Waals surface area contributed by atoms with Crippen molar-refractivity contribution in [2.24, 2.45) is 5.92 Å². The highest BCUT2D eigenvalue weighted by Crippen LogP contribution is 2.28. The quantitative estimate of drug-likeness (QED) is 0.594. The van der Waals surface area contributed by atoms with Crippen LogP contribution in [0.3, 0.4) is 0 Å². The van der Waals surface area contributed by atoms with E-state index in [9.17, 15) is 9.59 Å². The molecule has 172 valence electrons. The molecule has 0 bridgehead atoms. The van der Waals surface area contributed by atoms with Crippen molar-refractivity contribution in [2.45, 2.75) is 38.2 Å². The van der Waals surface area contributed by atoms with Gasteiger partial charge in [-0.3, -0.25) is 9.59 Å². The maximum absolute atomic E-state index is 13.0. The van der Waals surface area contributed by atoms with Crippen molar-refractivity contribution in [1.29, 1.82) is 0 Å². The molecule has 8 nitrogen and oxygen atoms in total. The van der Waals surface area contributed by atoms with Gasteiger partial charge in [0.25, 0.3) is 5.91 Å². The maximum Gasteiger partial charge on any atom is 0.270 e. The molecule has 0 spiro atoms. The Hall–Kier alpha value is -3.55. The van der Waals surface area contributed by atoms with E-state index in [0.717, 1.165) is 48.8 Å². The Morgan fingerprint density at radius 1 is 1.09 bits per heavy atom. The van der Waals surface area contributed by atoms with Crippen LogP contribution in [-0.4, -0.2) is 53.0 Å². The van der Waals surface area contributed by atoms with E-state index in [1.165, 1.54) is 0 Å². The van der Waals surface area contributed by atoms with Gasteiger partial charge in [0.2, 0.25) is 11.8 Å². The number of hydrogen-bond acceptors (Lipinski definition) is 5. The summed E-state index contributed by atoms with van der Waals surface area (Å²) in [6, 6.07) is 11.2. The van der Waals surface area contributed by atoms with E-state index in [2.05, 4.69) is 15.3 Å². The largest absolute Gasteiger partial charge is 0.497 e. The van der Waals surface area contributed by atoms with Crippen molar-refractivity contribution in [3.63, 3.8) is 0 Å². The number of nitrogens with one attached hydrogen (secondary N) is 2. The van der Waals surface area contributed by atoms with Gasteiger partial charge < -0.3 is 24.7 Å². The molecule has 0 radical (unpaired) electrons. The number of carbonyl (C=O) groups is 2. The highest BCUT2D eigenvalue weighted by Gasteiger charge is 2.27. The number of rotatable bonds is 6. The van der Waals surface area contributed by atoms with Crippen LogP contribution in [0.4, 0.5) is 5.69 Å². The summed E-state index contributed by atoms with van der Waals surface area (Å²) in [5.41, 5.74) is 2.16. The van der Waals surface area contributed by atoms with Crippen LogP contribution in [0.5, 0.6) is 11.6 Å². The van der Waals surface area contributed by atoms with E-state index in [1.807, 2.05) is 35.2 Å². The molecule has 5 rings (SSSR count). The van der Waals surface area contributed by atoms with Gasteiger partial charge in [-0.05, 0) is 37.1 Å². The molecule has 2 aliphatic rings. The highest BCUT2D eigenvalue weighted by atomic mass is 16.5. The number of fused-ring (bicyclic) bond motifs is 1. The molecule has 1 saturated carbocycles. The van der Waals surface area contributed by atoms with Crippen molar-refractivity contribution in [2.75, 3.05) is 25.5 Å². The number of amides is 2. The minimum Gasteiger partial charge on any atom is -0.497 e. The monoisotopic (exact) mass is 448 g/mol. The molecule has 1 aliphatic carbocycles. The van der Waals surface area contributed by atoms with Crippen LogP contribution in [0.15, 0.2) is 42.6 Å². The number of benzene rings is 1. The van der Waals surface area contributed by atoms with E-state index in [4.69, 9.17) is 9.47 Å². The number of aromatic amines is 1. The van der Waals surface area contributed by atoms with Crippen LogP contribution in [0.25, 0.3) is 10.9 Å². The predicted octanol–water partition coefficient (Wildman–Crippen LogP) is 3.99. The molecule has 1 aromatic carbocycles. The third kappa shape index (κ3) is 4.65. The van der Waals surface area contributed by atoms with E-state index in [1.54, 1.807) is 19.4 Å². The predicted molar refractivity (Wildman–Crippen MR) is 125 cm³/mol. The third-order valence-corrected chi connectivity index (χ3v) is 6.56. The van der Waals surface area contributed by atoms with Gasteiger partial charge in [-0.1, -0.05) is 6.42 Å². The molecule has 2 fully saturated rings. The third-order valence-electron chi connectivity index (χ3n) is 6.56. The first-order valence-electron chi connectivity index (χ1n) is 11.5. The van der Waals surface area contributed by atoms with Crippen molar-refractivity contribution in [3.05, 3.63) is 48.3 Å². The van der Waals surface area contributed by atoms with E-state index in [0.29, 0.717) is 30.4 Å². The standard InChI is InChI=1S/C25H28N4O4/c1-32-20-7-5-17-13-22(28-21(17)14-20)25(31)29-11-9-19(10-12-29)33-23-8-6-18(15-26-23)27-24(30)16-3-2-4-16/h5-8,13-16,19,28H,2-4,9-12H2,1H3,(H,27,30). The molecule has 8 heteroatoms. The summed E-state index contributed by atoms with van der Waals surface area (Å²) in [7, 11) is 1.63. The van der Waals surface area contributed by atoms with Crippen LogP contribution < -0.4 is 14.8 Å². The first-order valence-corrected chi connectivity index (χ1v) is 11.5. The Balaban J connectivity index is 1.13. The smallest absolute Gasteiger partial charge is 0.270 e. The van der Waals surface area contributed by atoms with Gasteiger partial charge >= 0.3 is 0 Å². The van der Waals surface area contributed by atoms with Crippen molar-refractivity contribution in [3.8, 4) is 11.6 Å². The molecule has 0 unspecified atom stereocenters. The molecule has 2 N–H and O–H groups in total. The zero-order chi connectivity index (χ0) is 22.8. The molecular formula is C25H28N4O4. The zero-order valence-electron chi connectivity index (χ0n) is 18.7. The Labute approximate surface area is 192 Å². The number of piperidine rings is 1. The summed E-state index contributed by atoms with van der Waals surface area (Å²) in [6.07, 6.45) is 6.18. The number of ether oxygens (including phenoxy) is 2. The summed E-state index contributed by atoms with van der Waals surface area (Å²) in [5.74, 6) is 1.49. The molecule has 3 aromatic rings. The SMILES string of the molecule is COc1ccc2cc(C(=O)N3CCC(Oc4ccc(NC(=O)C5CCC5)cn4)CC3)[nH]c2c1. The summed E-state index contributed by atoms with van der Waals surface area (Å²) in [4.78, 5) is 34.4. The highest BCUT2D eigenvalue weighted by molar-refractivity contribution is 5.98. The van der Waals surface area contributed by atoms with Gasteiger partial charge in [-0.2, -0.15) is 0 Å². The fraction of sp³-hybridized carbons (Fsp3) is 0.400. The number of methoxy groups -OCH3 is 1. The van der Waals surface area contributed by atoms with Gasteiger partial charge in [0, 0.05) is 54.9 Å². The first-order chi connectivity index (χ1) is 16.1. The normalized spacial score (nSPS) is 16.9. The number of pyridine rings is 1. The maximum atomic E-state index is 13.0. The van der Waals surface area contributed by atoms with Crippen molar-refractivity contribution >= 4 is 28.4 Å². The summed E-state index contributed by atoms with van der Waals surface area (Å²) >= 11 is 0. The number of H-pyrrole nitrogens is 1. The van der Waals surface area contributed by atoms with Crippen LogP contribution >= 0.6 is 0 Å². The van der Waals surface area contributed by atoms with Crippen LogP contribution in [0, 0.1) is 5.92 Å². The van der Waals surface area contributed by atoms with Crippen LogP contribution in [0.2, 0.25) is 0 Å². The second-order valence-electron chi connectivity index (χ2n) is 8.75. The van der Waals surface area contributed by atoms with Gasteiger partial charge in [0.05, 0.1) is 19.0 Å². The zero-order valence-corrected chi connectivity index (χ0v) is 18.7. The van der Waals surface area contributed by atoms with Gasteiger partial charge in [-0.15, -0.1) is 0 Å². The van der Waals surface area contributed by atoms with Crippen molar-refractivity contribution < 1.29 is 19.1 Å². The molecule has 2 amide bonds. The molecule has 1 aliphatic heterocycles. The summed E-state index contributed by atoms with van der Waals surface area (Å²) < 4.78 is 11.3. The lowest BCUT2D eigenvalue weighted by atomic mass is 9.85. The number of hydrogen-bond donors (Lipinski definition) is 2. The second-order valence-corrected chi connectivity index (χ2v) is 8.75. The van der Waals surface area contributed by atoms with E-state index in [-0.39, 0.29) is 23.8 Å². The average Bonchev–Trinajstić information content (AvgIpc) is 3.22. The lowest BCUT2D eigenvalue weighted by molar-refractivity contribution is -0.122. The van der Waals surface area contributed by atoms with Crippen LogP contribution in [-0.2, 0) is 4.79 Å². The fourth-order valence-electron chi connectivity index (χ4n) is 4.30. The minimum absolute atomic E-state index is 0.00365. The van der Waals surface area contributed by atoms with Crippen molar-refractivity contribution in [1.82, 2.24) is 14.9 Å². The van der Waals surface area contributed by atoms with Gasteiger partial charge in [0.15, 0.2) is 0 Å². The lowest BCUT2D eigenvalue weighted by Crippen LogP contribution is -2.42. The fourth-order valence-corrected chi connectivity index (χ4v) is 4.30. The minimum atomic E-state index is -0.00620. The number of anilines is 1. The molecule has 0 atom stereocenters. The number of likely N-dealkylation sites (tertiary alicyclic amines) is 1. The molecule has 33 heavy (non-hydrogen) atoms. The van der Waals surface area contributed by atoms with Gasteiger partial charge in [-0.25, -0.2) is 4.98 Å². The molecular weight excluding hydrogens is 420 g/mol. The molecule has 2 aromatic heterocycles. The Morgan fingerprint density at radius 2 is 1.91 bits per heavy atom. The molecule has 1 saturated heterocycles. The molecule has 3 heterocycles. The van der Waals surface area contributed by atoms with E-state index >= 15 is 0 Å². The summed E-state index contributed by atoms with van der Waals surface area (Å²) in [6.45, 7) is 1.25. The number of aromatic nitrogens is 2. The Kier molecular flexibility index (Phi) is 5.90. The Bertz CT molecular complexity index is 1140. The first kappa shape index (κ1) is 21.3. The number of carbonyl (C=O) groups excluding carboxylic acids is 2. The topological polar surface area (TPSA) is 96.6 Å². The average molecular weight is 449 g/mol. The second kappa shape index (κ2) is 9.13. The van der Waals surface area contributed by atoms with Crippen LogP contribution in [0.1, 0.15) is 42.6 Å². The Morgan fingerprint density at radius 3 is 2.58 bits per heavy atom. The lowest BCUT2D eigenvalue weighted by Gasteiger charge is -2.31. The van der Waals surface area contributed by atoms with E-state index < -0.39 is 0 Å². The van der Waals surface area contributed by atoms with Gasteiger partial charge in [0.1, 0.15) is 17.5 Å². The number of nitrogens with zero attached hydrogens (tertiary/aromatic N) is 2.